The molecule has 2 amide bonds. The van der Waals surface area contributed by atoms with Crippen molar-refractivity contribution in [2.24, 2.45) is 5.92 Å². The molecule has 2 aromatic carbocycles. The van der Waals surface area contributed by atoms with Gasteiger partial charge in [0.05, 0.1) is 0 Å². The molecule has 0 bridgehead atoms. The van der Waals surface area contributed by atoms with Gasteiger partial charge in [-0.1, -0.05) is 38.1 Å². The van der Waals surface area contributed by atoms with Crippen molar-refractivity contribution >= 4 is 23.5 Å². The SMILES string of the molecule is CC(C)C(NC(=O)COc1cccc(NC(=O)c2ccccc2)c1)C(=O)O. The first kappa shape index (κ1) is 20.0. The predicted molar refractivity (Wildman–Crippen MR) is 101 cm³/mol. The van der Waals surface area contributed by atoms with Crippen LogP contribution in [0.15, 0.2) is 54.6 Å². The number of anilines is 1. The monoisotopic (exact) mass is 370 g/mol. The van der Waals surface area contributed by atoms with Crippen LogP contribution in [-0.2, 0) is 9.59 Å². The smallest absolute Gasteiger partial charge is 0.326 e. The van der Waals surface area contributed by atoms with E-state index in [4.69, 9.17) is 9.84 Å². The van der Waals surface area contributed by atoms with E-state index in [1.165, 1.54) is 0 Å². The molecule has 0 spiro atoms. The summed E-state index contributed by atoms with van der Waals surface area (Å²) in [7, 11) is 0. The zero-order valence-corrected chi connectivity index (χ0v) is 15.1. The van der Waals surface area contributed by atoms with Crippen molar-refractivity contribution in [2.45, 2.75) is 19.9 Å². The molecule has 7 heteroatoms. The molecule has 0 saturated carbocycles. The van der Waals surface area contributed by atoms with Crippen molar-refractivity contribution in [3.05, 3.63) is 60.2 Å². The number of amides is 2. The van der Waals surface area contributed by atoms with Gasteiger partial charge in [-0.25, -0.2) is 4.79 Å². The Kier molecular flexibility index (Phi) is 6.93. The van der Waals surface area contributed by atoms with E-state index in [0.29, 0.717) is 17.0 Å². The number of carboxylic acids is 1. The topological polar surface area (TPSA) is 105 Å². The Labute approximate surface area is 157 Å². The summed E-state index contributed by atoms with van der Waals surface area (Å²) >= 11 is 0. The molecule has 3 N–H and O–H groups in total. The molecule has 0 aromatic heterocycles. The minimum atomic E-state index is -1.09. The van der Waals surface area contributed by atoms with Crippen molar-refractivity contribution in [3.63, 3.8) is 0 Å². The number of aliphatic carboxylic acids is 1. The lowest BCUT2D eigenvalue weighted by atomic mass is 10.1. The molecule has 0 heterocycles. The zero-order chi connectivity index (χ0) is 19.8. The third kappa shape index (κ3) is 6.14. The molecule has 0 aliphatic carbocycles. The largest absolute Gasteiger partial charge is 0.484 e. The van der Waals surface area contributed by atoms with E-state index in [1.54, 1.807) is 62.4 Å². The van der Waals surface area contributed by atoms with Gasteiger partial charge in [-0.05, 0) is 30.2 Å². The highest BCUT2D eigenvalue weighted by molar-refractivity contribution is 6.04. The Morgan fingerprint density at radius 2 is 1.74 bits per heavy atom. The summed E-state index contributed by atoms with van der Waals surface area (Å²) in [5.74, 6) is -1.75. The number of hydrogen-bond acceptors (Lipinski definition) is 4. The second-order valence-electron chi connectivity index (χ2n) is 6.26. The standard InChI is InChI=1S/C20H22N2O5/c1-13(2)18(20(25)26)22-17(23)12-27-16-10-6-9-15(11-16)21-19(24)14-7-4-3-5-8-14/h3-11,13,18H,12H2,1-2H3,(H,21,24)(H,22,23)(H,25,26). The molecule has 0 aliphatic heterocycles. The Morgan fingerprint density at radius 1 is 1.04 bits per heavy atom. The summed E-state index contributed by atoms with van der Waals surface area (Å²) < 4.78 is 5.40. The molecule has 0 saturated heterocycles. The Bertz CT molecular complexity index is 805. The van der Waals surface area contributed by atoms with Crippen molar-refractivity contribution in [1.29, 1.82) is 0 Å². The van der Waals surface area contributed by atoms with Gasteiger partial charge in [-0.3, -0.25) is 9.59 Å². The lowest BCUT2D eigenvalue weighted by Gasteiger charge is -2.18. The molecule has 7 nitrogen and oxygen atoms in total. The maximum atomic E-state index is 12.2. The number of benzene rings is 2. The van der Waals surface area contributed by atoms with Crippen LogP contribution in [0.4, 0.5) is 5.69 Å². The lowest BCUT2D eigenvalue weighted by molar-refractivity contribution is -0.143. The van der Waals surface area contributed by atoms with E-state index in [9.17, 15) is 14.4 Å². The molecule has 2 rings (SSSR count). The third-order valence-electron chi connectivity index (χ3n) is 3.75. The number of carboxylic acid groups (broad SMARTS) is 1. The van der Waals surface area contributed by atoms with Crippen LogP contribution in [0.2, 0.25) is 0 Å². The van der Waals surface area contributed by atoms with Crippen molar-refractivity contribution in [3.8, 4) is 5.75 Å². The van der Waals surface area contributed by atoms with Gasteiger partial charge < -0.3 is 20.5 Å². The van der Waals surface area contributed by atoms with E-state index < -0.39 is 17.9 Å². The van der Waals surface area contributed by atoms with Gasteiger partial charge in [0.1, 0.15) is 11.8 Å². The first-order valence-electron chi connectivity index (χ1n) is 8.48. The number of ether oxygens (including phenoxy) is 1. The Balaban J connectivity index is 1.92. The molecule has 0 fully saturated rings. The van der Waals surface area contributed by atoms with Crippen LogP contribution in [0, 0.1) is 5.92 Å². The van der Waals surface area contributed by atoms with Crippen LogP contribution in [0.25, 0.3) is 0 Å². The third-order valence-corrected chi connectivity index (χ3v) is 3.75. The quantitative estimate of drug-likeness (QED) is 0.662. The number of nitrogens with one attached hydrogen (secondary N) is 2. The average Bonchev–Trinajstić information content (AvgIpc) is 2.65. The Hall–Kier alpha value is -3.35. The van der Waals surface area contributed by atoms with Gasteiger partial charge in [-0.2, -0.15) is 0 Å². The highest BCUT2D eigenvalue weighted by atomic mass is 16.5. The van der Waals surface area contributed by atoms with Gasteiger partial charge in [0.15, 0.2) is 6.61 Å². The van der Waals surface area contributed by atoms with Crippen LogP contribution in [0.3, 0.4) is 0 Å². The van der Waals surface area contributed by atoms with E-state index >= 15 is 0 Å². The first-order valence-corrected chi connectivity index (χ1v) is 8.48. The van der Waals surface area contributed by atoms with Crippen LogP contribution in [-0.4, -0.2) is 35.5 Å². The van der Waals surface area contributed by atoms with Crippen LogP contribution in [0.1, 0.15) is 24.2 Å². The van der Waals surface area contributed by atoms with Gasteiger partial charge in [0.25, 0.3) is 11.8 Å². The maximum absolute atomic E-state index is 12.2. The van der Waals surface area contributed by atoms with Gasteiger partial charge in [-0.15, -0.1) is 0 Å². The van der Waals surface area contributed by atoms with Crippen molar-refractivity contribution < 1.29 is 24.2 Å². The molecular formula is C20H22N2O5. The molecule has 0 radical (unpaired) electrons. The van der Waals surface area contributed by atoms with Gasteiger partial charge in [0, 0.05) is 17.3 Å². The maximum Gasteiger partial charge on any atom is 0.326 e. The minimum Gasteiger partial charge on any atom is -0.484 e. The highest BCUT2D eigenvalue weighted by Gasteiger charge is 2.23. The molecular weight excluding hydrogens is 348 g/mol. The molecule has 1 unspecified atom stereocenters. The van der Waals surface area contributed by atoms with E-state index in [0.717, 1.165) is 0 Å². The highest BCUT2D eigenvalue weighted by Crippen LogP contribution is 2.18. The fourth-order valence-electron chi connectivity index (χ4n) is 2.33. The summed E-state index contributed by atoms with van der Waals surface area (Å²) in [5.41, 5.74) is 1.05. The summed E-state index contributed by atoms with van der Waals surface area (Å²) in [6.45, 7) is 3.09. The van der Waals surface area contributed by atoms with Gasteiger partial charge >= 0.3 is 5.97 Å². The lowest BCUT2D eigenvalue weighted by Crippen LogP contribution is -2.46. The van der Waals surface area contributed by atoms with Crippen molar-refractivity contribution in [1.82, 2.24) is 5.32 Å². The molecule has 0 aliphatic rings. The van der Waals surface area contributed by atoms with E-state index in [2.05, 4.69) is 10.6 Å². The second kappa shape index (κ2) is 9.38. The molecule has 142 valence electrons. The summed E-state index contributed by atoms with van der Waals surface area (Å²) in [6, 6.07) is 14.4. The molecule has 1 atom stereocenters. The number of carbonyl (C=O) groups is 3. The van der Waals surface area contributed by atoms with Crippen LogP contribution >= 0.6 is 0 Å². The molecule has 27 heavy (non-hydrogen) atoms. The normalized spacial score (nSPS) is 11.5. The number of rotatable bonds is 8. The Morgan fingerprint density at radius 3 is 2.37 bits per heavy atom. The van der Waals surface area contributed by atoms with Crippen LogP contribution < -0.4 is 15.4 Å². The fourth-order valence-corrected chi connectivity index (χ4v) is 2.33. The van der Waals surface area contributed by atoms with E-state index in [-0.39, 0.29) is 18.4 Å². The fraction of sp³-hybridized carbons (Fsp3) is 0.250. The molecule has 2 aromatic rings. The predicted octanol–water partition coefficient (Wildman–Crippen LogP) is 2.54. The second-order valence-corrected chi connectivity index (χ2v) is 6.26. The zero-order valence-electron chi connectivity index (χ0n) is 15.1. The van der Waals surface area contributed by atoms with Crippen molar-refractivity contribution in [2.75, 3.05) is 11.9 Å². The number of hydrogen-bond donors (Lipinski definition) is 3. The van der Waals surface area contributed by atoms with Crippen LogP contribution in [0.5, 0.6) is 5.75 Å². The first-order chi connectivity index (χ1) is 12.9. The summed E-state index contributed by atoms with van der Waals surface area (Å²) in [4.78, 5) is 35.2. The summed E-state index contributed by atoms with van der Waals surface area (Å²) in [5, 5.41) is 14.3. The van der Waals surface area contributed by atoms with E-state index in [1.807, 2.05) is 6.07 Å². The van der Waals surface area contributed by atoms with Gasteiger partial charge in [0.2, 0.25) is 0 Å². The minimum absolute atomic E-state index is 0.247. The number of carbonyl (C=O) groups excluding carboxylic acids is 2. The summed E-state index contributed by atoms with van der Waals surface area (Å²) in [6.07, 6.45) is 0. The average molecular weight is 370 g/mol.